The molecule has 0 aliphatic carbocycles. The molecule has 0 atom stereocenters. The van der Waals surface area contributed by atoms with Crippen molar-refractivity contribution >= 4 is 69.1 Å². The van der Waals surface area contributed by atoms with Crippen LogP contribution in [0, 0.1) is 3.57 Å². The molecular formula is C18H11ClINO5S. The molecule has 0 radical (unpaired) electrons. The number of carbonyl (C=O) groups excluding carboxylic acids is 3. The second kappa shape index (κ2) is 8.32. The first-order chi connectivity index (χ1) is 12.9. The van der Waals surface area contributed by atoms with Crippen molar-refractivity contribution in [3.8, 4) is 11.5 Å². The van der Waals surface area contributed by atoms with Gasteiger partial charge in [0.15, 0.2) is 11.5 Å². The molecule has 1 heterocycles. The first kappa shape index (κ1) is 19.7. The van der Waals surface area contributed by atoms with Crippen LogP contribution in [0.15, 0.2) is 41.3 Å². The summed E-state index contributed by atoms with van der Waals surface area (Å²) in [7, 11) is 1.45. The number of hydrogen-bond acceptors (Lipinski definition) is 6. The van der Waals surface area contributed by atoms with Crippen LogP contribution in [0.4, 0.5) is 4.79 Å². The molecule has 1 fully saturated rings. The maximum Gasteiger partial charge on any atom is 0.343 e. The van der Waals surface area contributed by atoms with Crippen LogP contribution in [0.5, 0.6) is 11.5 Å². The zero-order chi connectivity index (χ0) is 19.6. The molecule has 0 aromatic heterocycles. The number of amides is 2. The number of carbonyl (C=O) groups is 3. The lowest BCUT2D eigenvalue weighted by molar-refractivity contribution is -0.115. The monoisotopic (exact) mass is 515 g/mol. The molecule has 6 nitrogen and oxygen atoms in total. The third-order valence-electron chi connectivity index (χ3n) is 3.47. The van der Waals surface area contributed by atoms with Crippen LogP contribution in [0.25, 0.3) is 6.08 Å². The van der Waals surface area contributed by atoms with Gasteiger partial charge in [-0.3, -0.25) is 14.9 Å². The van der Waals surface area contributed by atoms with Crippen molar-refractivity contribution in [2.24, 2.45) is 0 Å². The molecular weight excluding hydrogens is 505 g/mol. The lowest BCUT2D eigenvalue weighted by Crippen LogP contribution is -2.17. The number of esters is 1. The SMILES string of the molecule is COc1cc(/C=C2\SC(=O)NC2=O)cc(I)c1OC(=O)c1ccc(Cl)cc1. The van der Waals surface area contributed by atoms with Gasteiger partial charge in [0.2, 0.25) is 0 Å². The van der Waals surface area contributed by atoms with E-state index in [0.29, 0.717) is 25.5 Å². The predicted octanol–water partition coefficient (Wildman–Crippen LogP) is 4.50. The van der Waals surface area contributed by atoms with Crippen molar-refractivity contribution in [1.29, 1.82) is 0 Å². The van der Waals surface area contributed by atoms with Gasteiger partial charge in [0.05, 0.1) is 21.1 Å². The van der Waals surface area contributed by atoms with E-state index >= 15 is 0 Å². The molecule has 0 unspecified atom stereocenters. The molecule has 2 amide bonds. The lowest BCUT2D eigenvalue weighted by atomic mass is 10.1. The van der Waals surface area contributed by atoms with Crippen LogP contribution in [-0.2, 0) is 4.79 Å². The van der Waals surface area contributed by atoms with Gasteiger partial charge in [-0.25, -0.2) is 4.79 Å². The fourth-order valence-corrected chi connectivity index (χ4v) is 3.78. The molecule has 138 valence electrons. The number of hydrogen-bond donors (Lipinski definition) is 1. The standard InChI is InChI=1S/C18H11ClINO5S/c1-25-13-7-9(8-14-16(22)21-18(24)27-14)6-12(20)15(13)26-17(23)10-2-4-11(19)5-3-10/h2-8H,1H3,(H,21,22,24)/b14-8-. The summed E-state index contributed by atoms with van der Waals surface area (Å²) in [6, 6.07) is 9.67. The van der Waals surface area contributed by atoms with Gasteiger partial charge in [0.25, 0.3) is 11.1 Å². The van der Waals surface area contributed by atoms with E-state index in [-0.39, 0.29) is 10.7 Å². The van der Waals surface area contributed by atoms with Gasteiger partial charge in [-0.1, -0.05) is 11.6 Å². The second-order valence-electron chi connectivity index (χ2n) is 5.28. The number of nitrogens with one attached hydrogen (secondary N) is 1. The van der Waals surface area contributed by atoms with Crippen LogP contribution >= 0.6 is 46.0 Å². The summed E-state index contributed by atoms with van der Waals surface area (Å²) in [5.74, 6) is -0.409. The third kappa shape index (κ3) is 4.63. The zero-order valence-corrected chi connectivity index (χ0v) is 17.5. The highest BCUT2D eigenvalue weighted by Crippen LogP contribution is 2.36. The number of imide groups is 1. The summed E-state index contributed by atoms with van der Waals surface area (Å²) >= 11 is 8.66. The first-order valence-corrected chi connectivity index (χ1v) is 9.75. The number of rotatable bonds is 4. The van der Waals surface area contributed by atoms with Crippen LogP contribution < -0.4 is 14.8 Å². The van der Waals surface area contributed by atoms with Crippen molar-refractivity contribution in [1.82, 2.24) is 5.32 Å². The Morgan fingerprint density at radius 3 is 2.52 bits per heavy atom. The summed E-state index contributed by atoms with van der Waals surface area (Å²) in [5.41, 5.74) is 0.982. The van der Waals surface area contributed by atoms with E-state index in [1.165, 1.54) is 7.11 Å². The van der Waals surface area contributed by atoms with Gasteiger partial charge in [-0.2, -0.15) is 0 Å². The number of ether oxygens (including phenoxy) is 2. The molecule has 0 saturated carbocycles. The van der Waals surface area contributed by atoms with E-state index in [9.17, 15) is 14.4 Å². The Morgan fingerprint density at radius 1 is 1.22 bits per heavy atom. The van der Waals surface area contributed by atoms with E-state index < -0.39 is 17.1 Å². The van der Waals surface area contributed by atoms with Gasteiger partial charge in [-0.05, 0) is 82.4 Å². The molecule has 9 heteroatoms. The van der Waals surface area contributed by atoms with Crippen molar-refractivity contribution in [3.63, 3.8) is 0 Å². The second-order valence-corrected chi connectivity index (χ2v) is 7.90. The maximum atomic E-state index is 12.4. The minimum atomic E-state index is -0.551. The molecule has 1 saturated heterocycles. The molecule has 0 bridgehead atoms. The maximum absolute atomic E-state index is 12.4. The molecule has 3 rings (SSSR count). The fraction of sp³-hybridized carbons (Fsp3) is 0.0556. The van der Waals surface area contributed by atoms with Gasteiger partial charge < -0.3 is 9.47 Å². The van der Waals surface area contributed by atoms with E-state index in [2.05, 4.69) is 5.32 Å². The Balaban J connectivity index is 1.89. The zero-order valence-electron chi connectivity index (χ0n) is 13.7. The molecule has 1 N–H and O–H groups in total. The Labute approximate surface area is 177 Å². The average molecular weight is 516 g/mol. The molecule has 1 aliphatic heterocycles. The van der Waals surface area contributed by atoms with E-state index in [0.717, 1.165) is 11.8 Å². The third-order valence-corrected chi connectivity index (χ3v) is 5.33. The Morgan fingerprint density at radius 2 is 1.93 bits per heavy atom. The highest BCUT2D eigenvalue weighted by Gasteiger charge is 2.25. The van der Waals surface area contributed by atoms with E-state index in [1.807, 2.05) is 22.6 Å². The van der Waals surface area contributed by atoms with Crippen LogP contribution in [0.2, 0.25) is 5.02 Å². The summed E-state index contributed by atoms with van der Waals surface area (Å²) in [5, 5.41) is 2.30. The molecule has 2 aromatic carbocycles. The minimum absolute atomic E-state index is 0.264. The Hall–Kier alpha value is -2.04. The highest BCUT2D eigenvalue weighted by molar-refractivity contribution is 14.1. The van der Waals surface area contributed by atoms with Crippen molar-refractivity contribution in [2.75, 3.05) is 7.11 Å². The van der Waals surface area contributed by atoms with Crippen LogP contribution in [0.1, 0.15) is 15.9 Å². The number of thioether (sulfide) groups is 1. The van der Waals surface area contributed by atoms with Gasteiger partial charge in [0.1, 0.15) is 0 Å². The Bertz CT molecular complexity index is 974. The van der Waals surface area contributed by atoms with Gasteiger partial charge in [0, 0.05) is 5.02 Å². The summed E-state index contributed by atoms with van der Waals surface area (Å²) < 4.78 is 11.4. The summed E-state index contributed by atoms with van der Waals surface area (Å²) in [6.07, 6.45) is 1.57. The molecule has 0 spiro atoms. The first-order valence-electron chi connectivity index (χ1n) is 7.47. The predicted molar refractivity (Wildman–Crippen MR) is 111 cm³/mol. The number of methoxy groups -OCH3 is 1. The number of benzene rings is 2. The average Bonchev–Trinajstić information content (AvgIpc) is 2.94. The van der Waals surface area contributed by atoms with Crippen LogP contribution in [0.3, 0.4) is 0 Å². The van der Waals surface area contributed by atoms with E-state index in [4.69, 9.17) is 21.1 Å². The minimum Gasteiger partial charge on any atom is -0.493 e. The smallest absolute Gasteiger partial charge is 0.343 e. The lowest BCUT2D eigenvalue weighted by Gasteiger charge is -2.12. The van der Waals surface area contributed by atoms with Crippen molar-refractivity contribution in [2.45, 2.75) is 0 Å². The fourth-order valence-electron chi connectivity index (χ4n) is 2.23. The van der Waals surface area contributed by atoms with Crippen molar-refractivity contribution < 1.29 is 23.9 Å². The quantitative estimate of drug-likeness (QED) is 0.280. The summed E-state index contributed by atoms with van der Waals surface area (Å²) in [4.78, 5) is 35.6. The molecule has 2 aromatic rings. The number of halogens is 2. The van der Waals surface area contributed by atoms with Crippen LogP contribution in [-0.4, -0.2) is 24.2 Å². The largest absolute Gasteiger partial charge is 0.493 e. The Kier molecular flexibility index (Phi) is 6.08. The highest BCUT2D eigenvalue weighted by atomic mass is 127. The van der Waals surface area contributed by atoms with E-state index in [1.54, 1.807) is 42.5 Å². The molecule has 1 aliphatic rings. The van der Waals surface area contributed by atoms with Gasteiger partial charge >= 0.3 is 5.97 Å². The molecule has 27 heavy (non-hydrogen) atoms. The normalized spacial score (nSPS) is 15.0. The summed E-state index contributed by atoms with van der Waals surface area (Å²) in [6.45, 7) is 0. The van der Waals surface area contributed by atoms with Crippen molar-refractivity contribution in [3.05, 3.63) is 61.0 Å². The topological polar surface area (TPSA) is 81.7 Å². The van der Waals surface area contributed by atoms with Gasteiger partial charge in [-0.15, -0.1) is 0 Å².